The van der Waals surface area contributed by atoms with E-state index in [4.69, 9.17) is 16.3 Å². The molecule has 1 amide bonds. The maximum absolute atomic E-state index is 13.2. The molecule has 180 valence electrons. The molecule has 0 aromatic heterocycles. The summed E-state index contributed by atoms with van der Waals surface area (Å²) in [5, 5.41) is 21.1. The average molecular weight is 504 g/mol. The van der Waals surface area contributed by atoms with Crippen molar-refractivity contribution in [3.8, 4) is 11.5 Å². The molecule has 1 atom stereocenters. The standard InChI is InChI=1S/C25H17ClF3NO5/c1-35-19-11-6-15(26)12-18(19)22(32)20-21(13-2-9-17(31)10-3-13)30(24(34)23(20)33)16-7-4-14(5-8-16)25(27,28)29/h2-12,21,31-32H,1H3/b22-20+. The number of ether oxygens (including phenoxy) is 1. The largest absolute Gasteiger partial charge is 0.508 e. The lowest BCUT2D eigenvalue weighted by atomic mass is 9.94. The topological polar surface area (TPSA) is 87.1 Å². The first-order valence-corrected chi connectivity index (χ1v) is 10.5. The Morgan fingerprint density at radius 2 is 1.63 bits per heavy atom. The number of phenols is 1. The number of aromatic hydroxyl groups is 1. The number of hydrogen-bond donors (Lipinski definition) is 2. The molecular formula is C25H17ClF3NO5. The Balaban J connectivity index is 1.94. The zero-order valence-electron chi connectivity index (χ0n) is 18.0. The summed E-state index contributed by atoms with van der Waals surface area (Å²) in [4.78, 5) is 27.3. The van der Waals surface area contributed by atoms with E-state index in [1.807, 2.05) is 0 Å². The highest BCUT2D eigenvalue weighted by atomic mass is 35.5. The molecule has 2 N–H and O–H groups in total. The van der Waals surface area contributed by atoms with Crippen LogP contribution in [-0.2, 0) is 15.8 Å². The second kappa shape index (κ2) is 8.99. The third kappa shape index (κ3) is 4.42. The second-order valence-corrected chi connectivity index (χ2v) is 8.09. The van der Waals surface area contributed by atoms with Gasteiger partial charge in [0.1, 0.15) is 17.3 Å². The van der Waals surface area contributed by atoms with Crippen molar-refractivity contribution in [3.63, 3.8) is 0 Å². The summed E-state index contributed by atoms with van der Waals surface area (Å²) in [7, 11) is 1.35. The molecule has 1 fully saturated rings. The SMILES string of the molecule is COc1ccc(Cl)cc1/C(O)=C1\C(=O)C(=O)N(c2ccc(C(F)(F)F)cc2)C1c1ccc(O)cc1. The minimum absolute atomic E-state index is 0.00952. The van der Waals surface area contributed by atoms with Gasteiger partial charge in [-0.3, -0.25) is 14.5 Å². The number of ketones is 1. The quantitative estimate of drug-likeness (QED) is 0.271. The summed E-state index contributed by atoms with van der Waals surface area (Å²) < 4.78 is 44.4. The zero-order chi connectivity index (χ0) is 25.5. The van der Waals surface area contributed by atoms with Crippen LogP contribution in [0.1, 0.15) is 22.7 Å². The minimum Gasteiger partial charge on any atom is -0.508 e. The third-order valence-corrected chi connectivity index (χ3v) is 5.78. The van der Waals surface area contributed by atoms with E-state index in [-0.39, 0.29) is 33.3 Å². The Labute approximate surface area is 202 Å². The molecule has 1 aliphatic rings. The van der Waals surface area contributed by atoms with E-state index >= 15 is 0 Å². The van der Waals surface area contributed by atoms with Gasteiger partial charge < -0.3 is 14.9 Å². The second-order valence-electron chi connectivity index (χ2n) is 7.65. The molecule has 3 aromatic carbocycles. The lowest BCUT2D eigenvalue weighted by Gasteiger charge is -2.26. The van der Waals surface area contributed by atoms with Gasteiger partial charge in [0, 0.05) is 10.7 Å². The van der Waals surface area contributed by atoms with Gasteiger partial charge in [-0.2, -0.15) is 13.2 Å². The molecule has 0 bridgehead atoms. The van der Waals surface area contributed by atoms with Crippen molar-refractivity contribution in [1.29, 1.82) is 0 Å². The number of rotatable bonds is 4. The Bertz CT molecular complexity index is 1330. The van der Waals surface area contributed by atoms with Gasteiger partial charge in [-0.25, -0.2) is 0 Å². The summed E-state index contributed by atoms with van der Waals surface area (Å²) in [5.74, 6) is -2.59. The fraction of sp³-hybridized carbons (Fsp3) is 0.120. The predicted molar refractivity (Wildman–Crippen MR) is 122 cm³/mol. The monoisotopic (exact) mass is 503 g/mol. The number of nitrogens with zero attached hydrogens (tertiary/aromatic N) is 1. The van der Waals surface area contributed by atoms with Gasteiger partial charge >= 0.3 is 6.18 Å². The first kappa shape index (κ1) is 24.2. The fourth-order valence-corrected chi connectivity index (χ4v) is 4.06. The Hall–Kier alpha value is -3.98. The molecule has 4 rings (SSSR count). The molecular weight excluding hydrogens is 487 g/mol. The van der Waals surface area contributed by atoms with E-state index in [2.05, 4.69) is 0 Å². The van der Waals surface area contributed by atoms with E-state index in [1.165, 1.54) is 49.6 Å². The third-order valence-electron chi connectivity index (χ3n) is 5.54. The number of carbonyl (C=O) groups excluding carboxylic acids is 2. The maximum Gasteiger partial charge on any atom is 0.416 e. The van der Waals surface area contributed by atoms with Crippen molar-refractivity contribution in [3.05, 3.63) is 94.0 Å². The number of Topliss-reactive ketones (excluding diaryl/α,β-unsaturated/α-hetero) is 1. The molecule has 6 nitrogen and oxygen atoms in total. The van der Waals surface area contributed by atoms with Crippen molar-refractivity contribution in [2.45, 2.75) is 12.2 Å². The predicted octanol–water partition coefficient (Wildman–Crippen LogP) is 5.70. The van der Waals surface area contributed by atoms with Gasteiger partial charge in [-0.1, -0.05) is 23.7 Å². The molecule has 3 aromatic rings. The number of carbonyl (C=O) groups is 2. The number of methoxy groups -OCH3 is 1. The minimum atomic E-state index is -4.59. The number of benzene rings is 3. The van der Waals surface area contributed by atoms with Crippen LogP contribution < -0.4 is 9.64 Å². The van der Waals surface area contributed by atoms with Gasteiger partial charge in [0.25, 0.3) is 11.7 Å². The van der Waals surface area contributed by atoms with Crippen molar-refractivity contribution < 1.29 is 37.7 Å². The van der Waals surface area contributed by atoms with Crippen LogP contribution in [0.25, 0.3) is 5.76 Å². The number of phenolic OH excluding ortho intramolecular Hbond substituents is 1. The zero-order valence-corrected chi connectivity index (χ0v) is 18.8. The van der Waals surface area contributed by atoms with Crippen molar-refractivity contribution in [2.75, 3.05) is 12.0 Å². The smallest absolute Gasteiger partial charge is 0.416 e. The van der Waals surface area contributed by atoms with Crippen molar-refractivity contribution in [1.82, 2.24) is 0 Å². The van der Waals surface area contributed by atoms with Crippen LogP contribution in [0.4, 0.5) is 18.9 Å². The maximum atomic E-state index is 13.2. The Morgan fingerprint density at radius 3 is 2.20 bits per heavy atom. The van der Waals surface area contributed by atoms with Crippen LogP contribution in [0, 0.1) is 0 Å². The van der Waals surface area contributed by atoms with Crippen LogP contribution in [-0.4, -0.2) is 29.0 Å². The normalized spacial score (nSPS) is 17.6. The van der Waals surface area contributed by atoms with Crippen molar-refractivity contribution in [2.24, 2.45) is 0 Å². The van der Waals surface area contributed by atoms with Crippen LogP contribution in [0.2, 0.25) is 5.02 Å². The number of alkyl halides is 3. The lowest BCUT2D eigenvalue weighted by Crippen LogP contribution is -2.29. The van der Waals surface area contributed by atoms with E-state index < -0.39 is 35.2 Å². The Morgan fingerprint density at radius 1 is 1.00 bits per heavy atom. The highest BCUT2D eigenvalue weighted by Gasteiger charge is 2.47. The van der Waals surface area contributed by atoms with E-state index in [1.54, 1.807) is 0 Å². The summed E-state index contributed by atoms with van der Waals surface area (Å²) >= 11 is 6.07. The van der Waals surface area contributed by atoms with Crippen molar-refractivity contribution >= 4 is 34.7 Å². The van der Waals surface area contributed by atoms with Gasteiger partial charge in [0.05, 0.1) is 29.9 Å². The highest BCUT2D eigenvalue weighted by Crippen LogP contribution is 2.44. The van der Waals surface area contributed by atoms with Gasteiger partial charge in [-0.05, 0) is 60.2 Å². The number of anilines is 1. The van der Waals surface area contributed by atoms with Crippen LogP contribution >= 0.6 is 11.6 Å². The molecule has 1 unspecified atom stereocenters. The van der Waals surface area contributed by atoms with Gasteiger partial charge in [0.2, 0.25) is 0 Å². The van der Waals surface area contributed by atoms with Gasteiger partial charge in [-0.15, -0.1) is 0 Å². The first-order chi connectivity index (χ1) is 16.5. The number of aliphatic hydroxyl groups is 1. The van der Waals surface area contributed by atoms with Crippen LogP contribution in [0.5, 0.6) is 11.5 Å². The molecule has 0 spiro atoms. The number of aliphatic hydroxyl groups excluding tert-OH is 1. The van der Waals surface area contributed by atoms with Gasteiger partial charge in [0.15, 0.2) is 0 Å². The summed E-state index contributed by atoms with van der Waals surface area (Å²) in [5.41, 5.74) is -0.863. The average Bonchev–Trinajstić information content (AvgIpc) is 3.09. The number of halogens is 4. The van der Waals surface area contributed by atoms with Crippen LogP contribution in [0.3, 0.4) is 0 Å². The van der Waals surface area contributed by atoms with E-state index in [0.717, 1.165) is 29.2 Å². The number of hydrogen-bond acceptors (Lipinski definition) is 5. The van der Waals surface area contributed by atoms with E-state index in [0.29, 0.717) is 5.56 Å². The molecule has 1 aliphatic heterocycles. The van der Waals surface area contributed by atoms with Crippen LogP contribution in [0.15, 0.2) is 72.3 Å². The summed E-state index contributed by atoms with van der Waals surface area (Å²) in [6.45, 7) is 0. The molecule has 0 radical (unpaired) electrons. The molecule has 1 saturated heterocycles. The summed E-state index contributed by atoms with van der Waals surface area (Å²) in [6, 6.07) is 12.4. The lowest BCUT2D eigenvalue weighted by molar-refractivity contribution is -0.137. The molecule has 1 heterocycles. The fourth-order valence-electron chi connectivity index (χ4n) is 3.89. The Kier molecular flexibility index (Phi) is 6.21. The summed E-state index contributed by atoms with van der Waals surface area (Å²) in [6.07, 6.45) is -4.59. The molecule has 0 aliphatic carbocycles. The highest BCUT2D eigenvalue weighted by molar-refractivity contribution is 6.51. The molecule has 0 saturated carbocycles. The number of amides is 1. The van der Waals surface area contributed by atoms with E-state index in [9.17, 15) is 33.0 Å². The first-order valence-electron chi connectivity index (χ1n) is 10.1. The molecule has 35 heavy (non-hydrogen) atoms. The molecule has 10 heteroatoms.